The lowest BCUT2D eigenvalue weighted by Crippen LogP contribution is -2.46. The van der Waals surface area contributed by atoms with E-state index in [1.807, 2.05) is 26.2 Å². The van der Waals surface area contributed by atoms with Gasteiger partial charge in [-0.1, -0.05) is 6.07 Å². The molecule has 10 nitrogen and oxygen atoms in total. The van der Waals surface area contributed by atoms with E-state index in [1.165, 1.54) is 19.2 Å². The highest BCUT2D eigenvalue weighted by molar-refractivity contribution is 8.01. The van der Waals surface area contributed by atoms with E-state index in [2.05, 4.69) is 14.9 Å². The quantitative estimate of drug-likeness (QED) is 0.157. The Hall–Kier alpha value is -4.13. The Morgan fingerprint density at radius 1 is 0.975 bits per heavy atom. The summed E-state index contributed by atoms with van der Waals surface area (Å²) in [6.45, 7) is 1.15. The number of benzene rings is 2. The SMILES string of the molecule is COc1cc(C=c2[nH]c(=O)c(=Cc3ccc(SCCN(C)C)s3)[nH]c2=O)ccc1OCc1ccc([N+](=O)[O-])cc1. The van der Waals surface area contributed by atoms with E-state index < -0.39 is 16.0 Å². The van der Waals surface area contributed by atoms with Gasteiger partial charge in [-0.25, -0.2) is 0 Å². The van der Waals surface area contributed by atoms with Crippen molar-refractivity contribution < 1.29 is 14.4 Å². The van der Waals surface area contributed by atoms with Crippen LogP contribution in [0.3, 0.4) is 0 Å². The smallest absolute Gasteiger partial charge is 0.272 e. The summed E-state index contributed by atoms with van der Waals surface area (Å²) in [6.07, 6.45) is 3.22. The lowest BCUT2D eigenvalue weighted by molar-refractivity contribution is -0.384. The van der Waals surface area contributed by atoms with Gasteiger partial charge < -0.3 is 24.3 Å². The summed E-state index contributed by atoms with van der Waals surface area (Å²) < 4.78 is 12.4. The van der Waals surface area contributed by atoms with Gasteiger partial charge in [0.2, 0.25) is 0 Å². The van der Waals surface area contributed by atoms with Crippen LogP contribution in [0.2, 0.25) is 0 Å². The van der Waals surface area contributed by atoms with Crippen LogP contribution in [0.15, 0.2) is 68.4 Å². The van der Waals surface area contributed by atoms with Gasteiger partial charge in [0.1, 0.15) is 17.3 Å². The van der Waals surface area contributed by atoms with Gasteiger partial charge in [0.25, 0.3) is 16.8 Å². The molecule has 4 rings (SSSR count). The first kappa shape index (κ1) is 28.9. The first-order chi connectivity index (χ1) is 19.2. The van der Waals surface area contributed by atoms with Crippen LogP contribution in [0.5, 0.6) is 11.5 Å². The van der Waals surface area contributed by atoms with Gasteiger partial charge in [0.05, 0.1) is 16.2 Å². The molecule has 0 aliphatic heterocycles. The number of methoxy groups -OCH3 is 1. The Morgan fingerprint density at radius 2 is 1.68 bits per heavy atom. The highest BCUT2D eigenvalue weighted by Gasteiger charge is 2.08. The fourth-order valence-electron chi connectivity index (χ4n) is 3.59. The van der Waals surface area contributed by atoms with Gasteiger partial charge in [0.15, 0.2) is 11.5 Å². The van der Waals surface area contributed by atoms with Crippen molar-refractivity contribution in [2.45, 2.75) is 10.8 Å². The highest BCUT2D eigenvalue weighted by Crippen LogP contribution is 2.29. The lowest BCUT2D eigenvalue weighted by atomic mass is 10.2. The van der Waals surface area contributed by atoms with Gasteiger partial charge in [-0.15, -0.1) is 23.1 Å². The average Bonchev–Trinajstić information content (AvgIpc) is 3.37. The van der Waals surface area contributed by atoms with E-state index in [4.69, 9.17) is 9.47 Å². The number of H-pyrrole nitrogens is 2. The number of nitro benzene ring substituents is 1. The molecule has 2 N–H and O–H groups in total. The molecule has 0 amide bonds. The number of hydrogen-bond acceptors (Lipinski definition) is 9. The molecule has 12 heteroatoms. The second kappa shape index (κ2) is 13.3. The molecule has 0 spiro atoms. The zero-order valence-electron chi connectivity index (χ0n) is 22.1. The van der Waals surface area contributed by atoms with Crippen LogP contribution in [-0.4, -0.2) is 53.3 Å². The minimum Gasteiger partial charge on any atom is -0.493 e. The molecule has 2 heterocycles. The number of thioether (sulfide) groups is 1. The monoisotopic (exact) mass is 580 g/mol. The summed E-state index contributed by atoms with van der Waals surface area (Å²) in [5.74, 6) is 1.85. The molecule has 2 aromatic heterocycles. The Labute approximate surface area is 237 Å². The fourth-order valence-corrected chi connectivity index (χ4v) is 5.87. The summed E-state index contributed by atoms with van der Waals surface area (Å²) in [5, 5.41) is 11.1. The van der Waals surface area contributed by atoms with E-state index in [0.717, 1.165) is 26.9 Å². The van der Waals surface area contributed by atoms with Crippen LogP contribution in [0.4, 0.5) is 5.69 Å². The number of rotatable bonds is 11. The minimum atomic E-state index is -0.458. The summed E-state index contributed by atoms with van der Waals surface area (Å²) in [6, 6.07) is 15.1. The third-order valence-electron chi connectivity index (χ3n) is 5.70. The third-order valence-corrected chi connectivity index (χ3v) is 7.94. The standard InChI is InChI=1S/C28H28N4O6S2/c1-31(2)12-13-39-26-11-9-21(40-26)16-23-28(34)29-22(27(33)30-23)14-19-6-10-24(25(15-19)37-3)38-17-18-4-7-20(8-5-18)32(35)36/h4-11,14-16H,12-13,17H2,1-3H3,(H,29,34)(H,30,33). The maximum Gasteiger partial charge on any atom is 0.272 e. The van der Waals surface area contributed by atoms with Crippen LogP contribution in [0, 0.1) is 10.1 Å². The average molecular weight is 581 g/mol. The van der Waals surface area contributed by atoms with Gasteiger partial charge >= 0.3 is 0 Å². The molecule has 40 heavy (non-hydrogen) atoms. The molecular weight excluding hydrogens is 552 g/mol. The summed E-state index contributed by atoms with van der Waals surface area (Å²) >= 11 is 3.31. The number of nitrogens with zero attached hydrogens (tertiary/aromatic N) is 2. The summed E-state index contributed by atoms with van der Waals surface area (Å²) in [5.41, 5.74) is 0.545. The normalized spacial score (nSPS) is 12.2. The van der Waals surface area contributed by atoms with Crippen molar-refractivity contribution in [2.24, 2.45) is 0 Å². The molecule has 0 aliphatic carbocycles. The molecule has 0 radical (unpaired) electrons. The van der Waals surface area contributed by atoms with Crippen LogP contribution in [-0.2, 0) is 6.61 Å². The number of aromatic amines is 2. The van der Waals surface area contributed by atoms with Crippen molar-refractivity contribution in [2.75, 3.05) is 33.5 Å². The first-order valence-corrected chi connectivity index (χ1v) is 14.0. The maximum absolute atomic E-state index is 12.8. The molecule has 0 saturated heterocycles. The fraction of sp³-hybridized carbons (Fsp3) is 0.214. The molecule has 208 valence electrons. The van der Waals surface area contributed by atoms with Crippen LogP contribution < -0.4 is 31.3 Å². The van der Waals surface area contributed by atoms with Gasteiger partial charge in [-0.3, -0.25) is 19.7 Å². The number of hydrogen-bond donors (Lipinski definition) is 2. The maximum atomic E-state index is 12.8. The van der Waals surface area contributed by atoms with Crippen LogP contribution in [0.1, 0.15) is 16.0 Å². The van der Waals surface area contributed by atoms with E-state index in [1.54, 1.807) is 65.6 Å². The summed E-state index contributed by atoms with van der Waals surface area (Å²) in [7, 11) is 5.56. The zero-order valence-corrected chi connectivity index (χ0v) is 23.8. The largest absolute Gasteiger partial charge is 0.493 e. The number of non-ortho nitro benzene ring substituents is 1. The highest BCUT2D eigenvalue weighted by atomic mass is 32.2. The van der Waals surface area contributed by atoms with Crippen molar-refractivity contribution in [3.8, 4) is 11.5 Å². The molecule has 4 aromatic rings. The van der Waals surface area contributed by atoms with Gasteiger partial charge in [-0.05, 0) is 73.8 Å². The Morgan fingerprint density at radius 3 is 2.33 bits per heavy atom. The molecule has 0 saturated carbocycles. The van der Waals surface area contributed by atoms with Crippen LogP contribution >= 0.6 is 23.1 Å². The van der Waals surface area contributed by atoms with E-state index in [0.29, 0.717) is 17.1 Å². The zero-order chi connectivity index (χ0) is 28.6. The van der Waals surface area contributed by atoms with Crippen molar-refractivity contribution in [1.29, 1.82) is 0 Å². The number of ether oxygens (including phenoxy) is 2. The molecule has 0 aliphatic rings. The molecular formula is C28H28N4O6S2. The number of aromatic nitrogens is 2. The molecule has 0 fully saturated rings. The predicted molar refractivity (Wildman–Crippen MR) is 158 cm³/mol. The van der Waals surface area contributed by atoms with E-state index in [-0.39, 0.29) is 23.0 Å². The predicted octanol–water partition coefficient (Wildman–Crippen LogP) is 2.93. The van der Waals surface area contributed by atoms with Gasteiger partial charge in [-0.2, -0.15) is 0 Å². The first-order valence-electron chi connectivity index (χ1n) is 12.2. The van der Waals surface area contributed by atoms with E-state index >= 15 is 0 Å². The van der Waals surface area contributed by atoms with Crippen molar-refractivity contribution in [3.05, 3.63) is 112 Å². The second-order valence-electron chi connectivity index (χ2n) is 8.96. The molecule has 0 unspecified atom stereocenters. The number of nitro groups is 1. The lowest BCUT2D eigenvalue weighted by Gasteiger charge is -2.11. The third kappa shape index (κ3) is 7.72. The Kier molecular flexibility index (Phi) is 9.59. The van der Waals surface area contributed by atoms with Crippen LogP contribution in [0.25, 0.3) is 12.2 Å². The Bertz CT molecular complexity index is 1730. The molecule has 0 atom stereocenters. The second-order valence-corrected chi connectivity index (χ2v) is 11.5. The molecule has 2 aromatic carbocycles. The number of nitrogens with one attached hydrogen (secondary N) is 2. The van der Waals surface area contributed by atoms with Gasteiger partial charge in [0, 0.05) is 29.3 Å². The van der Waals surface area contributed by atoms with E-state index in [9.17, 15) is 19.7 Å². The molecule has 0 bridgehead atoms. The van der Waals surface area contributed by atoms with Crippen molar-refractivity contribution >= 4 is 40.9 Å². The van der Waals surface area contributed by atoms with Crippen molar-refractivity contribution in [1.82, 2.24) is 14.9 Å². The Balaban J connectivity index is 1.51. The topological polar surface area (TPSA) is 131 Å². The minimum absolute atomic E-state index is 0.00564. The number of thiophene rings is 1. The van der Waals surface area contributed by atoms with Crippen molar-refractivity contribution in [3.63, 3.8) is 0 Å². The summed E-state index contributed by atoms with van der Waals surface area (Å²) in [4.78, 5) is 44.2.